The van der Waals surface area contributed by atoms with Crippen molar-refractivity contribution in [2.24, 2.45) is 0 Å². The van der Waals surface area contributed by atoms with Crippen LogP contribution in [0.3, 0.4) is 0 Å². The lowest BCUT2D eigenvalue weighted by molar-refractivity contribution is -0.0637. The summed E-state index contributed by atoms with van der Waals surface area (Å²) in [6.07, 6.45) is -0.650. The van der Waals surface area contributed by atoms with Gasteiger partial charge in [0.1, 0.15) is 30.3 Å². The summed E-state index contributed by atoms with van der Waals surface area (Å²) in [7, 11) is -16.7. The zero-order valence-electron chi connectivity index (χ0n) is 18.7. The second-order valence-corrected chi connectivity index (χ2v) is 12.1. The summed E-state index contributed by atoms with van der Waals surface area (Å²) in [6.45, 7) is 0.0285. The van der Waals surface area contributed by atoms with Gasteiger partial charge in [0.15, 0.2) is 11.5 Å². The highest BCUT2D eigenvalue weighted by Gasteiger charge is 2.46. The third-order valence-corrected chi connectivity index (χ3v) is 8.82. The molecular formula is C17H22N5O12P3. The highest BCUT2D eigenvalue weighted by atomic mass is 31.3. The number of benzene rings is 1. The number of aromatic nitrogens is 4. The van der Waals surface area contributed by atoms with E-state index in [1.54, 1.807) is 0 Å². The molecule has 0 radical (unpaired) electrons. The summed E-state index contributed by atoms with van der Waals surface area (Å²) in [5.74, 6) is 0.120. The molecule has 1 aliphatic heterocycles. The van der Waals surface area contributed by atoms with Gasteiger partial charge in [-0.2, -0.15) is 8.62 Å². The fraction of sp³-hybridized carbons (Fsp3) is 0.353. The molecule has 37 heavy (non-hydrogen) atoms. The molecule has 202 valence electrons. The summed E-state index contributed by atoms with van der Waals surface area (Å²) in [4.78, 5) is 49.0. The average Bonchev–Trinajstić information content (AvgIpc) is 3.36. The molecular weight excluding hydrogens is 559 g/mol. The van der Waals surface area contributed by atoms with Gasteiger partial charge in [-0.15, -0.1) is 0 Å². The van der Waals surface area contributed by atoms with Crippen LogP contribution in [0.4, 0.5) is 5.82 Å². The first-order valence-corrected chi connectivity index (χ1v) is 14.9. The van der Waals surface area contributed by atoms with Crippen LogP contribution < -0.4 is 5.73 Å². The van der Waals surface area contributed by atoms with Crippen LogP contribution in [0.5, 0.6) is 0 Å². The Morgan fingerprint density at radius 1 is 1.03 bits per heavy atom. The van der Waals surface area contributed by atoms with Crippen molar-refractivity contribution in [2.75, 3.05) is 12.3 Å². The summed E-state index contributed by atoms with van der Waals surface area (Å²) in [5.41, 5.74) is 7.25. The average molecular weight is 581 g/mol. The quantitative estimate of drug-likeness (QED) is 0.202. The van der Waals surface area contributed by atoms with Crippen LogP contribution in [0.15, 0.2) is 43.0 Å². The first-order chi connectivity index (χ1) is 17.3. The van der Waals surface area contributed by atoms with E-state index in [4.69, 9.17) is 29.5 Å². The van der Waals surface area contributed by atoms with Gasteiger partial charge < -0.3 is 34.8 Å². The van der Waals surface area contributed by atoms with Crippen molar-refractivity contribution in [2.45, 2.75) is 31.5 Å². The maximum atomic E-state index is 12.5. The van der Waals surface area contributed by atoms with Gasteiger partial charge in [0.25, 0.3) is 0 Å². The topological polar surface area (TPSA) is 248 Å². The van der Waals surface area contributed by atoms with Crippen molar-refractivity contribution in [1.29, 1.82) is 0 Å². The molecule has 3 aromatic rings. The fourth-order valence-electron chi connectivity index (χ4n) is 3.55. The van der Waals surface area contributed by atoms with E-state index in [9.17, 15) is 23.5 Å². The molecule has 0 saturated carbocycles. The predicted molar refractivity (Wildman–Crippen MR) is 123 cm³/mol. The number of hydrogen-bond acceptors (Lipinski definition) is 12. The molecule has 6 N–H and O–H groups in total. The number of phosphoric acid groups is 3. The first kappa shape index (κ1) is 27.9. The molecule has 0 spiro atoms. The number of rotatable bonds is 11. The normalized spacial score (nSPS) is 23.6. The van der Waals surface area contributed by atoms with Gasteiger partial charge in [-0.1, -0.05) is 30.3 Å². The van der Waals surface area contributed by atoms with Gasteiger partial charge in [-0.3, -0.25) is 9.09 Å². The van der Waals surface area contributed by atoms with Gasteiger partial charge >= 0.3 is 23.5 Å². The monoisotopic (exact) mass is 581 g/mol. The Labute approximate surface area is 208 Å². The molecule has 0 amide bonds. The smallest absolute Gasteiger partial charge is 0.382 e. The maximum absolute atomic E-state index is 12.5. The number of imidazole rings is 1. The second kappa shape index (κ2) is 10.9. The van der Waals surface area contributed by atoms with Gasteiger partial charge in [0.05, 0.1) is 19.5 Å². The standard InChI is InChI=1S/C17H22N5O12P3/c18-16-15-17(20-9-19-16)22(10-21-15)14-6-12(13(31-14)8-30-7-11-4-2-1-3-5-11)32-36(26,27)34-37(28,29)33-35(23,24)25/h1-5,9-10,12-14H,6-8H2,(H,26,27)(H,28,29)(H2,18,19,20)(H2,23,24,25)/t12-,13+,14+/m0/s1. The Balaban J connectivity index is 1.52. The number of phosphoric ester groups is 1. The van der Waals surface area contributed by atoms with Crippen LogP contribution in [-0.4, -0.2) is 57.9 Å². The van der Waals surface area contributed by atoms with Crippen LogP contribution >= 0.6 is 23.5 Å². The summed E-state index contributed by atoms with van der Waals surface area (Å²) in [5, 5.41) is 0. The number of hydrogen-bond donors (Lipinski definition) is 5. The lowest BCUT2D eigenvalue weighted by Gasteiger charge is -2.22. The van der Waals surface area contributed by atoms with Crippen LogP contribution in [0.1, 0.15) is 18.2 Å². The van der Waals surface area contributed by atoms with E-state index in [1.807, 2.05) is 30.3 Å². The third kappa shape index (κ3) is 7.48. The molecule has 3 heterocycles. The highest BCUT2D eigenvalue weighted by molar-refractivity contribution is 7.66. The van der Waals surface area contributed by atoms with E-state index in [1.165, 1.54) is 17.2 Å². The number of nitrogens with two attached hydrogens (primary N) is 1. The van der Waals surface area contributed by atoms with Gasteiger partial charge in [0, 0.05) is 6.42 Å². The van der Waals surface area contributed by atoms with Gasteiger partial charge in [-0.05, 0) is 5.56 Å². The third-order valence-electron chi connectivity index (χ3n) is 4.96. The summed E-state index contributed by atoms with van der Waals surface area (Å²) < 4.78 is 60.8. The molecule has 4 rings (SSSR count). The van der Waals surface area contributed by atoms with Crippen LogP contribution in [-0.2, 0) is 42.9 Å². The molecule has 5 atom stereocenters. The number of nitrogens with zero attached hydrogens (tertiary/aromatic N) is 4. The van der Waals surface area contributed by atoms with E-state index < -0.39 is 41.9 Å². The van der Waals surface area contributed by atoms with Gasteiger partial charge in [0.2, 0.25) is 0 Å². The lowest BCUT2D eigenvalue weighted by atomic mass is 10.2. The predicted octanol–water partition coefficient (Wildman–Crippen LogP) is 1.62. The molecule has 2 unspecified atom stereocenters. The van der Waals surface area contributed by atoms with Crippen LogP contribution in [0, 0.1) is 0 Å². The first-order valence-electron chi connectivity index (χ1n) is 10.3. The van der Waals surface area contributed by atoms with Crippen molar-refractivity contribution in [1.82, 2.24) is 19.5 Å². The maximum Gasteiger partial charge on any atom is 0.490 e. The summed E-state index contributed by atoms with van der Waals surface area (Å²) in [6, 6.07) is 9.11. The molecule has 20 heteroatoms. The Bertz CT molecular complexity index is 1380. The van der Waals surface area contributed by atoms with E-state index in [0.29, 0.717) is 11.2 Å². The minimum atomic E-state index is -5.69. The number of anilines is 1. The second-order valence-electron chi connectivity index (χ2n) is 7.68. The lowest BCUT2D eigenvalue weighted by Crippen LogP contribution is -2.28. The van der Waals surface area contributed by atoms with Crippen LogP contribution in [0.25, 0.3) is 11.2 Å². The molecule has 1 aliphatic rings. The Hall–Kier alpha value is -2.10. The molecule has 1 saturated heterocycles. The zero-order chi connectivity index (χ0) is 26.8. The number of ether oxygens (including phenoxy) is 2. The Morgan fingerprint density at radius 3 is 2.46 bits per heavy atom. The van der Waals surface area contributed by atoms with Gasteiger partial charge in [-0.25, -0.2) is 28.6 Å². The Morgan fingerprint density at radius 2 is 1.76 bits per heavy atom. The summed E-state index contributed by atoms with van der Waals surface area (Å²) >= 11 is 0. The van der Waals surface area contributed by atoms with Crippen molar-refractivity contribution in [3.05, 3.63) is 48.5 Å². The highest BCUT2D eigenvalue weighted by Crippen LogP contribution is 2.67. The fourth-order valence-corrected chi connectivity index (χ4v) is 6.77. The van der Waals surface area contributed by atoms with Crippen molar-refractivity contribution in [3.63, 3.8) is 0 Å². The molecule has 0 bridgehead atoms. The minimum absolute atomic E-state index is 0.113. The molecule has 2 aromatic heterocycles. The van der Waals surface area contributed by atoms with E-state index in [-0.39, 0.29) is 25.5 Å². The molecule has 0 aliphatic carbocycles. The SMILES string of the molecule is Nc1ncnc2c1ncn2[C@H]1C[C@H](OP(=O)(O)OP(=O)(O)OP(=O)(O)O)[C@@H](COCc2ccccc2)O1. The van der Waals surface area contributed by atoms with E-state index >= 15 is 0 Å². The van der Waals surface area contributed by atoms with Crippen molar-refractivity contribution < 1.29 is 55.9 Å². The van der Waals surface area contributed by atoms with E-state index in [0.717, 1.165) is 5.56 Å². The largest absolute Gasteiger partial charge is 0.490 e. The minimum Gasteiger partial charge on any atom is -0.382 e. The molecule has 1 aromatic carbocycles. The van der Waals surface area contributed by atoms with Crippen molar-refractivity contribution in [3.8, 4) is 0 Å². The van der Waals surface area contributed by atoms with Crippen LogP contribution in [0.2, 0.25) is 0 Å². The molecule has 1 fully saturated rings. The molecule has 17 nitrogen and oxygen atoms in total. The zero-order valence-corrected chi connectivity index (χ0v) is 21.3. The number of nitrogen functional groups attached to an aromatic ring is 1. The number of fused-ring (bicyclic) bond motifs is 1. The van der Waals surface area contributed by atoms with Crippen molar-refractivity contribution >= 4 is 40.4 Å². The van der Waals surface area contributed by atoms with E-state index in [2.05, 4.69) is 23.6 Å². The Kier molecular flexibility index (Phi) is 8.26.